The van der Waals surface area contributed by atoms with E-state index < -0.39 is 0 Å². The van der Waals surface area contributed by atoms with Crippen LogP contribution in [0.15, 0.2) is 42.5 Å². The summed E-state index contributed by atoms with van der Waals surface area (Å²) in [4.78, 5) is 12.3. The van der Waals surface area contributed by atoms with Gasteiger partial charge in [-0.05, 0) is 83.0 Å². The summed E-state index contributed by atoms with van der Waals surface area (Å²) in [5.41, 5.74) is 9.72. The minimum atomic E-state index is -0.0175. The molecule has 1 atom stereocenters. The number of hydrogen-bond acceptors (Lipinski definition) is 2. The Morgan fingerprint density at radius 3 is 2.70 bits per heavy atom. The maximum absolute atomic E-state index is 12.3. The number of nitrogens with one attached hydrogen (secondary N) is 1. The van der Waals surface area contributed by atoms with Gasteiger partial charge in [0.05, 0.1) is 6.04 Å². The van der Waals surface area contributed by atoms with Crippen LogP contribution in [0.25, 0.3) is 0 Å². The van der Waals surface area contributed by atoms with Gasteiger partial charge < -0.3 is 11.1 Å². The highest BCUT2D eigenvalue weighted by atomic mass is 127. The van der Waals surface area contributed by atoms with E-state index in [0.717, 1.165) is 22.1 Å². The van der Waals surface area contributed by atoms with Crippen molar-refractivity contribution in [2.45, 2.75) is 18.9 Å². The van der Waals surface area contributed by atoms with Crippen molar-refractivity contribution in [1.29, 1.82) is 0 Å². The van der Waals surface area contributed by atoms with E-state index in [9.17, 15) is 4.79 Å². The molecule has 1 unspecified atom stereocenters. The maximum Gasteiger partial charge on any atom is 0.251 e. The Bertz CT molecular complexity index is 652. The Morgan fingerprint density at radius 2 is 1.95 bits per heavy atom. The van der Waals surface area contributed by atoms with E-state index in [-0.39, 0.29) is 11.9 Å². The second kappa shape index (κ2) is 5.44. The molecule has 0 aliphatic heterocycles. The predicted octanol–water partition coefficient (Wildman–Crippen LogP) is 3.29. The van der Waals surface area contributed by atoms with Crippen LogP contribution in [-0.4, -0.2) is 5.91 Å². The molecule has 2 aromatic rings. The molecule has 3 N–H and O–H groups in total. The van der Waals surface area contributed by atoms with Gasteiger partial charge in [0.25, 0.3) is 5.91 Å². The summed E-state index contributed by atoms with van der Waals surface area (Å²) in [6.45, 7) is 0. The van der Waals surface area contributed by atoms with Gasteiger partial charge in [0, 0.05) is 14.8 Å². The average molecular weight is 378 g/mol. The molecule has 0 aromatic heterocycles. The molecule has 1 aliphatic rings. The van der Waals surface area contributed by atoms with Crippen molar-refractivity contribution in [3.05, 3.63) is 62.7 Å². The van der Waals surface area contributed by atoms with Crippen molar-refractivity contribution in [3.63, 3.8) is 0 Å². The van der Waals surface area contributed by atoms with Gasteiger partial charge in [-0.2, -0.15) is 0 Å². The lowest BCUT2D eigenvalue weighted by Gasteiger charge is -2.14. The van der Waals surface area contributed by atoms with Gasteiger partial charge in [0.15, 0.2) is 0 Å². The lowest BCUT2D eigenvalue weighted by molar-refractivity contribution is 0.0936. The first-order chi connectivity index (χ1) is 9.63. The third-order valence-corrected chi connectivity index (χ3v) is 4.38. The number of amides is 1. The van der Waals surface area contributed by atoms with E-state index >= 15 is 0 Å². The standard InChI is InChI=1S/C16H15IN2O/c17-12-4-1-10(2-5-12)16(20)19-15-8-3-11-9-13(18)6-7-14(11)15/h1-2,4-7,9,15H,3,8,18H2,(H,19,20). The summed E-state index contributed by atoms with van der Waals surface area (Å²) in [6, 6.07) is 13.6. The minimum absolute atomic E-state index is 0.0175. The van der Waals surface area contributed by atoms with Crippen molar-refractivity contribution in [1.82, 2.24) is 5.32 Å². The third-order valence-electron chi connectivity index (χ3n) is 3.66. The highest BCUT2D eigenvalue weighted by Crippen LogP contribution is 2.32. The zero-order valence-electron chi connectivity index (χ0n) is 10.9. The summed E-state index contributed by atoms with van der Waals surface area (Å²) in [6.07, 6.45) is 1.91. The van der Waals surface area contributed by atoms with Crippen LogP contribution in [0.2, 0.25) is 0 Å². The molecule has 0 saturated heterocycles. The highest BCUT2D eigenvalue weighted by Gasteiger charge is 2.24. The van der Waals surface area contributed by atoms with Crippen LogP contribution < -0.4 is 11.1 Å². The normalized spacial score (nSPS) is 16.8. The van der Waals surface area contributed by atoms with E-state index in [4.69, 9.17) is 5.73 Å². The van der Waals surface area contributed by atoms with E-state index in [1.54, 1.807) is 0 Å². The number of rotatable bonds is 2. The molecule has 0 spiro atoms. The van der Waals surface area contributed by atoms with Gasteiger partial charge >= 0.3 is 0 Å². The molecule has 1 amide bonds. The lowest BCUT2D eigenvalue weighted by atomic mass is 10.1. The largest absolute Gasteiger partial charge is 0.399 e. The van der Waals surface area contributed by atoms with E-state index in [1.807, 2.05) is 42.5 Å². The van der Waals surface area contributed by atoms with Gasteiger partial charge in [-0.1, -0.05) is 6.07 Å². The SMILES string of the molecule is Nc1ccc2c(c1)CCC2NC(=O)c1ccc(I)cc1. The fraction of sp³-hybridized carbons (Fsp3) is 0.188. The summed E-state index contributed by atoms with van der Waals surface area (Å²) in [7, 11) is 0. The van der Waals surface area contributed by atoms with E-state index in [2.05, 4.69) is 27.9 Å². The second-order valence-electron chi connectivity index (χ2n) is 5.03. The van der Waals surface area contributed by atoms with Gasteiger partial charge in [0.1, 0.15) is 0 Å². The monoisotopic (exact) mass is 378 g/mol. The Balaban J connectivity index is 1.77. The van der Waals surface area contributed by atoms with Crippen molar-refractivity contribution >= 4 is 34.2 Å². The molecule has 2 aromatic carbocycles. The zero-order valence-corrected chi connectivity index (χ0v) is 13.1. The van der Waals surface area contributed by atoms with E-state index in [0.29, 0.717) is 5.56 Å². The number of carbonyl (C=O) groups is 1. The molecule has 3 nitrogen and oxygen atoms in total. The molecular weight excluding hydrogens is 363 g/mol. The molecule has 0 heterocycles. The van der Waals surface area contributed by atoms with Crippen molar-refractivity contribution in [2.24, 2.45) is 0 Å². The fourth-order valence-corrected chi connectivity index (χ4v) is 2.99. The molecule has 4 heteroatoms. The molecule has 0 bridgehead atoms. The first-order valence-corrected chi connectivity index (χ1v) is 7.66. The van der Waals surface area contributed by atoms with Crippen molar-refractivity contribution in [2.75, 3.05) is 5.73 Å². The number of hydrogen-bond donors (Lipinski definition) is 2. The quantitative estimate of drug-likeness (QED) is 0.623. The maximum atomic E-state index is 12.3. The summed E-state index contributed by atoms with van der Waals surface area (Å²) in [5.74, 6) is -0.0175. The Kier molecular flexibility index (Phi) is 3.65. The first-order valence-electron chi connectivity index (χ1n) is 6.58. The smallest absolute Gasteiger partial charge is 0.251 e. The summed E-state index contributed by atoms with van der Waals surface area (Å²) < 4.78 is 1.13. The van der Waals surface area contributed by atoms with Crippen LogP contribution in [0.4, 0.5) is 5.69 Å². The fourth-order valence-electron chi connectivity index (χ4n) is 2.63. The number of nitrogens with two attached hydrogens (primary N) is 1. The van der Waals surface area contributed by atoms with Crippen molar-refractivity contribution < 1.29 is 4.79 Å². The first kappa shape index (κ1) is 13.4. The number of carbonyl (C=O) groups excluding carboxylic acids is 1. The Hall–Kier alpha value is -1.56. The molecule has 0 saturated carbocycles. The van der Waals surface area contributed by atoms with Crippen LogP contribution in [0.5, 0.6) is 0 Å². The second-order valence-corrected chi connectivity index (χ2v) is 6.28. The molecule has 20 heavy (non-hydrogen) atoms. The Morgan fingerprint density at radius 1 is 1.20 bits per heavy atom. The number of benzene rings is 2. The highest BCUT2D eigenvalue weighted by molar-refractivity contribution is 14.1. The predicted molar refractivity (Wildman–Crippen MR) is 88.5 cm³/mol. The van der Waals surface area contributed by atoms with Gasteiger partial charge in [-0.25, -0.2) is 0 Å². The topological polar surface area (TPSA) is 55.1 Å². The van der Waals surface area contributed by atoms with Gasteiger partial charge in [0.2, 0.25) is 0 Å². The molecule has 1 aliphatic carbocycles. The zero-order chi connectivity index (χ0) is 14.1. The number of nitrogen functional groups attached to an aromatic ring is 1. The number of anilines is 1. The molecule has 0 radical (unpaired) electrons. The van der Waals surface area contributed by atoms with Crippen LogP contribution in [-0.2, 0) is 6.42 Å². The van der Waals surface area contributed by atoms with E-state index in [1.165, 1.54) is 11.1 Å². The summed E-state index contributed by atoms with van der Waals surface area (Å²) >= 11 is 2.23. The van der Waals surface area contributed by atoms with Crippen LogP contribution in [0.3, 0.4) is 0 Å². The van der Waals surface area contributed by atoms with Gasteiger partial charge in [-0.15, -0.1) is 0 Å². The van der Waals surface area contributed by atoms with Crippen LogP contribution >= 0.6 is 22.6 Å². The molecular formula is C16H15IN2O. The van der Waals surface area contributed by atoms with Crippen molar-refractivity contribution in [3.8, 4) is 0 Å². The van der Waals surface area contributed by atoms with Gasteiger partial charge in [-0.3, -0.25) is 4.79 Å². The average Bonchev–Trinajstić information content (AvgIpc) is 2.81. The Labute approximate surface area is 131 Å². The molecule has 3 rings (SSSR count). The van der Waals surface area contributed by atoms with Crippen LogP contribution in [0.1, 0.15) is 33.9 Å². The van der Waals surface area contributed by atoms with Crippen LogP contribution in [0, 0.1) is 3.57 Å². The molecule has 0 fully saturated rings. The summed E-state index contributed by atoms with van der Waals surface area (Å²) in [5, 5.41) is 3.11. The number of halogens is 1. The number of aryl methyl sites for hydroxylation is 1. The minimum Gasteiger partial charge on any atom is -0.399 e. The number of fused-ring (bicyclic) bond motifs is 1. The molecule has 102 valence electrons. The third kappa shape index (κ3) is 2.65. The lowest BCUT2D eigenvalue weighted by Crippen LogP contribution is -2.27.